The highest BCUT2D eigenvalue weighted by Crippen LogP contribution is 2.15. The van der Waals surface area contributed by atoms with Crippen LogP contribution in [-0.2, 0) is 0 Å². The number of aromatic nitrogens is 2. The molecular weight excluding hydrogens is 176 g/mol. The van der Waals surface area contributed by atoms with Crippen LogP contribution in [0, 0.1) is 6.92 Å². The average Bonchev–Trinajstić information content (AvgIpc) is 2.71. The number of nitrogens with zero attached hydrogens (tertiary/aromatic N) is 2. The molecule has 0 bridgehead atoms. The average molecular weight is 188 g/mol. The van der Waals surface area contributed by atoms with Crippen LogP contribution in [0.25, 0.3) is 0 Å². The van der Waals surface area contributed by atoms with Gasteiger partial charge in [0.2, 0.25) is 0 Å². The van der Waals surface area contributed by atoms with Gasteiger partial charge in [-0.2, -0.15) is 0 Å². The lowest BCUT2D eigenvalue weighted by Crippen LogP contribution is -2.07. The van der Waals surface area contributed by atoms with Gasteiger partial charge in [-0.3, -0.25) is 0 Å². The van der Waals surface area contributed by atoms with Crippen LogP contribution < -0.4 is 0 Å². The number of benzene rings is 1. The van der Waals surface area contributed by atoms with Gasteiger partial charge in [-0.05, 0) is 6.92 Å². The molecular formula is C11H12N2O. The number of hydrogen-bond acceptors (Lipinski definition) is 2. The van der Waals surface area contributed by atoms with Crippen LogP contribution in [0.15, 0.2) is 43.0 Å². The van der Waals surface area contributed by atoms with Gasteiger partial charge >= 0.3 is 0 Å². The number of imidazole rings is 1. The highest BCUT2D eigenvalue weighted by atomic mass is 16.3. The Hall–Kier alpha value is -1.61. The molecule has 2 rings (SSSR count). The molecule has 0 saturated heterocycles. The van der Waals surface area contributed by atoms with Crippen molar-refractivity contribution in [3.8, 4) is 0 Å². The smallest absolute Gasteiger partial charge is 0.157 e. The molecule has 1 unspecified atom stereocenters. The van der Waals surface area contributed by atoms with Crippen molar-refractivity contribution in [2.24, 2.45) is 0 Å². The predicted octanol–water partition coefficient (Wildman–Crippen LogP) is 1.73. The van der Waals surface area contributed by atoms with Crippen LogP contribution in [0.4, 0.5) is 0 Å². The van der Waals surface area contributed by atoms with Crippen molar-refractivity contribution < 1.29 is 5.11 Å². The minimum absolute atomic E-state index is 0.641. The van der Waals surface area contributed by atoms with Gasteiger partial charge in [0.25, 0.3) is 0 Å². The molecule has 0 saturated carbocycles. The van der Waals surface area contributed by atoms with Crippen LogP contribution in [-0.4, -0.2) is 14.7 Å². The molecule has 0 aliphatic rings. The van der Waals surface area contributed by atoms with E-state index in [1.807, 2.05) is 31.2 Å². The summed E-state index contributed by atoms with van der Waals surface area (Å²) in [5.74, 6) is 0. The maximum Gasteiger partial charge on any atom is 0.157 e. The van der Waals surface area contributed by atoms with Crippen LogP contribution in [0.2, 0.25) is 0 Å². The Kier molecular flexibility index (Phi) is 2.33. The zero-order chi connectivity index (χ0) is 9.97. The number of hydrogen-bond donors (Lipinski definition) is 1. The van der Waals surface area contributed by atoms with Crippen LogP contribution in [0.5, 0.6) is 0 Å². The molecule has 1 aromatic heterocycles. The lowest BCUT2D eigenvalue weighted by atomic mass is 10.1. The standard InChI is InChI=1S/C11H12N2O/c1-9-2-4-10(5-3-9)11(14)13-7-6-12-8-13/h2-8,11,14H,1H3. The van der Waals surface area contributed by atoms with E-state index in [1.54, 1.807) is 23.3 Å². The fourth-order valence-electron chi connectivity index (χ4n) is 1.32. The number of rotatable bonds is 2. The van der Waals surface area contributed by atoms with Crippen molar-refractivity contribution in [3.05, 3.63) is 54.1 Å². The van der Waals surface area contributed by atoms with Gasteiger partial charge in [-0.15, -0.1) is 0 Å². The van der Waals surface area contributed by atoms with Gasteiger partial charge < -0.3 is 9.67 Å². The first kappa shape index (κ1) is 8.97. The fraction of sp³-hybridized carbons (Fsp3) is 0.182. The summed E-state index contributed by atoms with van der Waals surface area (Å²) < 4.78 is 1.66. The zero-order valence-electron chi connectivity index (χ0n) is 7.96. The number of aliphatic hydroxyl groups excluding tert-OH is 1. The lowest BCUT2D eigenvalue weighted by molar-refractivity contribution is 0.146. The van der Waals surface area contributed by atoms with E-state index in [2.05, 4.69) is 4.98 Å². The molecule has 72 valence electrons. The second kappa shape index (κ2) is 3.64. The summed E-state index contributed by atoms with van der Waals surface area (Å²) in [5.41, 5.74) is 2.06. The summed E-state index contributed by atoms with van der Waals surface area (Å²) in [4.78, 5) is 3.89. The molecule has 0 aliphatic heterocycles. The van der Waals surface area contributed by atoms with Crippen LogP contribution >= 0.6 is 0 Å². The van der Waals surface area contributed by atoms with Gasteiger partial charge in [-0.1, -0.05) is 29.8 Å². The summed E-state index contributed by atoms with van der Waals surface area (Å²) in [6, 6.07) is 7.80. The monoisotopic (exact) mass is 188 g/mol. The van der Waals surface area contributed by atoms with Crippen molar-refractivity contribution in [2.75, 3.05) is 0 Å². The molecule has 0 fully saturated rings. The van der Waals surface area contributed by atoms with Crippen molar-refractivity contribution in [3.63, 3.8) is 0 Å². The molecule has 1 atom stereocenters. The molecule has 3 heteroatoms. The maximum absolute atomic E-state index is 9.89. The topological polar surface area (TPSA) is 38.0 Å². The van der Waals surface area contributed by atoms with E-state index < -0.39 is 6.23 Å². The molecule has 14 heavy (non-hydrogen) atoms. The van der Waals surface area contributed by atoms with Gasteiger partial charge in [0.05, 0.1) is 6.33 Å². The number of aliphatic hydroxyl groups is 1. The Morgan fingerprint density at radius 2 is 2.00 bits per heavy atom. The van der Waals surface area contributed by atoms with E-state index in [4.69, 9.17) is 0 Å². The normalized spacial score (nSPS) is 12.7. The summed E-state index contributed by atoms with van der Waals surface area (Å²) in [7, 11) is 0. The molecule has 0 spiro atoms. The largest absolute Gasteiger partial charge is 0.369 e. The summed E-state index contributed by atoms with van der Waals surface area (Å²) >= 11 is 0. The van der Waals surface area contributed by atoms with Gasteiger partial charge in [0, 0.05) is 18.0 Å². The lowest BCUT2D eigenvalue weighted by Gasteiger charge is -2.11. The highest BCUT2D eigenvalue weighted by Gasteiger charge is 2.07. The molecule has 0 radical (unpaired) electrons. The van der Waals surface area contributed by atoms with E-state index in [9.17, 15) is 5.11 Å². The Morgan fingerprint density at radius 3 is 2.57 bits per heavy atom. The van der Waals surface area contributed by atoms with Crippen molar-refractivity contribution in [1.29, 1.82) is 0 Å². The Morgan fingerprint density at radius 1 is 1.29 bits per heavy atom. The highest BCUT2D eigenvalue weighted by molar-refractivity contribution is 5.23. The SMILES string of the molecule is Cc1ccc(C(O)n2ccnc2)cc1. The second-order valence-corrected chi connectivity index (χ2v) is 3.29. The van der Waals surface area contributed by atoms with Crippen molar-refractivity contribution >= 4 is 0 Å². The molecule has 1 heterocycles. The van der Waals surface area contributed by atoms with E-state index in [1.165, 1.54) is 5.56 Å². The van der Waals surface area contributed by atoms with Crippen molar-refractivity contribution in [1.82, 2.24) is 9.55 Å². The maximum atomic E-state index is 9.89. The minimum Gasteiger partial charge on any atom is -0.369 e. The first-order valence-electron chi connectivity index (χ1n) is 4.49. The van der Waals surface area contributed by atoms with Crippen LogP contribution in [0.3, 0.4) is 0 Å². The molecule has 1 N–H and O–H groups in total. The second-order valence-electron chi connectivity index (χ2n) is 3.29. The third-order valence-electron chi connectivity index (χ3n) is 2.18. The first-order valence-corrected chi connectivity index (χ1v) is 4.49. The fourth-order valence-corrected chi connectivity index (χ4v) is 1.32. The molecule has 1 aromatic carbocycles. The Balaban J connectivity index is 2.28. The zero-order valence-corrected chi connectivity index (χ0v) is 7.96. The third kappa shape index (κ3) is 1.67. The van der Waals surface area contributed by atoms with Gasteiger partial charge in [0.15, 0.2) is 6.23 Å². The van der Waals surface area contributed by atoms with Crippen LogP contribution in [0.1, 0.15) is 17.4 Å². The quantitative estimate of drug-likeness (QED) is 0.779. The van der Waals surface area contributed by atoms with E-state index >= 15 is 0 Å². The Labute approximate surface area is 82.7 Å². The molecule has 3 nitrogen and oxygen atoms in total. The van der Waals surface area contributed by atoms with E-state index in [-0.39, 0.29) is 0 Å². The molecule has 2 aromatic rings. The summed E-state index contributed by atoms with van der Waals surface area (Å²) in [6.07, 6.45) is 4.35. The Bertz CT molecular complexity index is 392. The van der Waals surface area contributed by atoms with E-state index in [0.29, 0.717) is 0 Å². The summed E-state index contributed by atoms with van der Waals surface area (Å²) in [5, 5.41) is 9.89. The molecule has 0 amide bonds. The van der Waals surface area contributed by atoms with E-state index in [0.717, 1.165) is 5.56 Å². The third-order valence-corrected chi connectivity index (χ3v) is 2.18. The predicted molar refractivity (Wildman–Crippen MR) is 53.8 cm³/mol. The minimum atomic E-state index is -0.641. The van der Waals surface area contributed by atoms with Crippen molar-refractivity contribution in [2.45, 2.75) is 13.2 Å². The van der Waals surface area contributed by atoms with Gasteiger partial charge in [-0.25, -0.2) is 4.98 Å². The first-order chi connectivity index (χ1) is 6.77. The summed E-state index contributed by atoms with van der Waals surface area (Å²) in [6.45, 7) is 2.02. The molecule has 0 aliphatic carbocycles. The van der Waals surface area contributed by atoms with Gasteiger partial charge in [0.1, 0.15) is 0 Å². The number of aryl methyl sites for hydroxylation is 1.